The Bertz CT molecular complexity index is 7050. The highest BCUT2D eigenvalue weighted by molar-refractivity contribution is 5.93. The molecule has 0 aliphatic heterocycles. The molecule has 0 aliphatic rings. The fourth-order valence-electron chi connectivity index (χ4n) is 12.5. The van der Waals surface area contributed by atoms with Gasteiger partial charge in [0.25, 0.3) is 29.5 Å². The molecule has 10 heterocycles. The van der Waals surface area contributed by atoms with Gasteiger partial charge in [0.2, 0.25) is 0 Å². The summed E-state index contributed by atoms with van der Waals surface area (Å²) in [5.41, 5.74) is 20.8. The number of benzene rings is 5. The van der Waals surface area contributed by atoms with Crippen molar-refractivity contribution in [3.8, 4) is 56.9 Å². The highest BCUT2D eigenvalue weighted by Gasteiger charge is 2.36. The molecule has 5 aromatic carbocycles. The summed E-state index contributed by atoms with van der Waals surface area (Å²) in [5, 5.41) is 24.8. The molecule has 0 bridgehead atoms. The van der Waals surface area contributed by atoms with Gasteiger partial charge in [-0.15, -0.1) is 25.5 Å². The lowest BCUT2D eigenvalue weighted by Gasteiger charge is -2.19. The highest BCUT2D eigenvalue weighted by atomic mass is 19.4. The van der Waals surface area contributed by atoms with Crippen LogP contribution in [0.5, 0.6) is 0 Å². The van der Waals surface area contributed by atoms with E-state index in [2.05, 4.69) is 123 Å². The second kappa shape index (κ2) is 52.8. The zero-order valence-electron chi connectivity index (χ0n) is 78.4. The fraction of sp³-hybridized carbons (Fsp3) is 0.204. The number of halogens is 15. The first-order valence-electron chi connectivity index (χ1n) is 42.5. The molecule has 0 atom stereocenters. The van der Waals surface area contributed by atoms with Crippen LogP contribution >= 0.6 is 0 Å². The van der Waals surface area contributed by atoms with Crippen molar-refractivity contribution in [1.29, 1.82) is 0 Å². The molecule has 0 saturated carbocycles. The minimum absolute atomic E-state index is 0. The van der Waals surface area contributed by atoms with Crippen LogP contribution < -0.4 is 53.0 Å². The number of nitrogens with zero attached hydrogens (tertiary/aromatic N) is 25. The van der Waals surface area contributed by atoms with Gasteiger partial charge in [-0.1, -0.05) is 41.8 Å². The summed E-state index contributed by atoms with van der Waals surface area (Å²) in [5.74, 6) is 0.218. The van der Waals surface area contributed by atoms with E-state index in [0.29, 0.717) is 56.8 Å². The van der Waals surface area contributed by atoms with Crippen LogP contribution in [0.4, 0.5) is 94.8 Å². The molecule has 788 valence electrons. The summed E-state index contributed by atoms with van der Waals surface area (Å²) in [6.07, 6.45) is 9.19. The van der Waals surface area contributed by atoms with Gasteiger partial charge in [-0.3, -0.25) is 86.9 Å². The minimum atomic E-state index is -4.46. The van der Waals surface area contributed by atoms with Crippen LogP contribution in [-0.4, -0.2) is 159 Å². The highest BCUT2D eigenvalue weighted by Crippen LogP contribution is 2.38. The van der Waals surface area contributed by atoms with Crippen LogP contribution in [0.15, 0.2) is 245 Å². The van der Waals surface area contributed by atoms with E-state index in [1.54, 1.807) is 148 Å². The van der Waals surface area contributed by atoms with Crippen LogP contribution in [0.2, 0.25) is 0 Å². The molecule has 15 aromatic rings. The molecule has 5 amide bonds. The third-order valence-electron chi connectivity index (χ3n) is 19.2. The van der Waals surface area contributed by atoms with Crippen LogP contribution in [0, 0.1) is 55.4 Å². The number of aromatic nitrogens is 22. The van der Waals surface area contributed by atoms with Crippen LogP contribution in [0.25, 0.3) is 87.9 Å². The number of amides is 5. The molecule has 7 N–H and O–H groups in total. The number of hydrogen-bond acceptors (Lipinski definition) is 27. The standard InChI is InChI=1S/C20H19F3N6O.2C19H17F3N6O.2C18H16F3N7O.4CH4/c1-13-9-15(11-16(10-13)20(21,22)23)18-25-12-29(27-18)8-6-17(30)26-28(3)19-14(2)5-4-7-24-19;1-12-3-4-16(23-10-12)25-26-17(29)5-6-28-11-24-18(27-28)14-7-13(2)8-15(9-14)19(20,21)22;1-13-8-14(10-15(9-13)19(20,21)22)18-24-12-28(26-18)7-5-17(29)25-27(2)16-4-3-6-23-11-16;1-12-7-13(9-14(8-12)18(19,20)21)17-24-11-28(26-17)6-3-16(29)25-27(2)15-10-22-4-5-23-15;1-11-5-13(8-14(6-11)18(19,20)21)17-24-10-28(27-17)4-3-16(29)26-25-15-7-12(2)22-9-23-15;;;;/h4-12H,1-3H3,(H,26,30);3-11H,1-2H3,(H,23,25)(H,26,29);3-12H,1-2H3,(H,25,29);3-11H,1-2H3,(H,25,29);3-10H,1-2H3,(H,26,29)(H,22,23,25);4*1H4/b8-6-;6-5-;7-5-;6-3-;4-3-;;;;. The van der Waals surface area contributed by atoms with Gasteiger partial charge in [-0.05, 0) is 210 Å². The van der Waals surface area contributed by atoms with Crippen molar-refractivity contribution < 1.29 is 89.8 Å². The lowest BCUT2D eigenvalue weighted by Crippen LogP contribution is -2.39. The number of hydrogen-bond donors (Lipinski definition) is 7. The van der Waals surface area contributed by atoms with Crippen LogP contribution in [0.1, 0.15) is 102 Å². The predicted octanol–water partition coefficient (Wildman–Crippen LogP) is 18.7. The molecule has 0 saturated heterocycles. The normalized spacial score (nSPS) is 11.3. The van der Waals surface area contributed by atoms with Crippen LogP contribution in [0.3, 0.4) is 0 Å². The third kappa shape index (κ3) is 36.3. The summed E-state index contributed by atoms with van der Waals surface area (Å²) in [7, 11) is 4.91. The maximum atomic E-state index is 13.0. The van der Waals surface area contributed by atoms with Gasteiger partial charge >= 0.3 is 30.9 Å². The summed E-state index contributed by atoms with van der Waals surface area (Å²) in [6.45, 7) is 13.4. The third-order valence-corrected chi connectivity index (χ3v) is 19.2. The average Bonchev–Trinajstić information content (AvgIpc) is 1.47. The van der Waals surface area contributed by atoms with Crippen molar-refractivity contribution in [1.82, 2.24) is 136 Å². The van der Waals surface area contributed by atoms with Crippen LogP contribution in [-0.2, 0) is 54.9 Å². The van der Waals surface area contributed by atoms with E-state index in [0.717, 1.165) is 77.5 Å². The summed E-state index contributed by atoms with van der Waals surface area (Å²) >= 11 is 0. The summed E-state index contributed by atoms with van der Waals surface area (Å²) in [4.78, 5) is 108. The SMILES string of the molecule is C.C.C.C.Cc1cc(-c2ncn(/C=C\C(=O)NN(C)c3cccnc3)n2)cc(C(F)(F)F)c1.Cc1cc(-c2ncn(/C=C\C(=O)NN(C)c3cnccn3)n2)cc(C(F)(F)F)c1.Cc1cc(-c2ncn(/C=C\C(=O)NN(C)c3ncccc3C)n2)cc(C(F)(F)F)c1.Cc1cc(-c2ncn(/C=C\C(=O)NNc3cc(C)ncn3)n2)cc(C(F)(F)F)c1.Cc1ccc(NNC(=O)/C=C\n2cnc(-c3cc(C)cc(C(F)(F)F)c3)n2)nc1. The molecule has 0 aliphatic carbocycles. The first-order chi connectivity index (χ1) is 69.0. The number of pyridine rings is 3. The largest absolute Gasteiger partial charge is 0.416 e. The number of carbonyl (C=O) groups excluding carboxylic acids is 5. The molecule has 15 rings (SSSR count). The van der Waals surface area contributed by atoms with Gasteiger partial charge in [0, 0.05) is 153 Å². The summed E-state index contributed by atoms with van der Waals surface area (Å²) < 4.78 is 201. The number of rotatable bonds is 25. The van der Waals surface area contributed by atoms with Gasteiger partial charge in [0.1, 0.15) is 55.4 Å². The van der Waals surface area contributed by atoms with Crippen molar-refractivity contribution in [2.75, 3.05) is 47.0 Å². The van der Waals surface area contributed by atoms with E-state index in [4.69, 9.17) is 0 Å². The topological polar surface area (TPSA) is 423 Å². The maximum absolute atomic E-state index is 13.0. The monoisotopic (exact) mass is 2090 g/mol. The van der Waals surface area contributed by atoms with Crippen molar-refractivity contribution in [3.05, 3.63) is 318 Å². The van der Waals surface area contributed by atoms with E-state index in [1.807, 2.05) is 26.0 Å². The lowest BCUT2D eigenvalue weighted by atomic mass is 10.1. The fourth-order valence-corrected chi connectivity index (χ4v) is 12.5. The Morgan fingerprint density at radius 2 is 0.640 bits per heavy atom. The number of alkyl halides is 15. The molecule has 0 unspecified atom stereocenters. The first kappa shape index (κ1) is 118. The minimum Gasteiger partial charge on any atom is -0.287 e. The Kier molecular flexibility index (Phi) is 41.7. The molecule has 0 fully saturated rings. The Morgan fingerprint density at radius 1 is 0.307 bits per heavy atom. The molecule has 0 radical (unpaired) electrons. The van der Waals surface area contributed by atoms with E-state index in [-0.39, 0.29) is 86.6 Å². The van der Waals surface area contributed by atoms with Gasteiger partial charge < -0.3 is 0 Å². The average molecular weight is 2090 g/mol. The molecule has 150 heavy (non-hydrogen) atoms. The zero-order chi connectivity index (χ0) is 106. The predicted molar refractivity (Wildman–Crippen MR) is 534 cm³/mol. The molecular weight excluding hydrogens is 1990 g/mol. The van der Waals surface area contributed by atoms with Crippen molar-refractivity contribution >= 4 is 89.5 Å². The van der Waals surface area contributed by atoms with E-state index < -0.39 is 88.2 Å². The van der Waals surface area contributed by atoms with Crippen molar-refractivity contribution in [3.63, 3.8) is 0 Å². The second-order valence-corrected chi connectivity index (χ2v) is 31.3. The molecular formula is C98H101F15N32O5. The van der Waals surface area contributed by atoms with Gasteiger partial charge in [-0.2, -0.15) is 65.9 Å². The molecule has 0 spiro atoms. The maximum Gasteiger partial charge on any atom is 0.416 e. The smallest absolute Gasteiger partial charge is 0.287 e. The van der Waals surface area contributed by atoms with Crippen molar-refractivity contribution in [2.24, 2.45) is 0 Å². The number of aryl methyl sites for hydroxylation is 8. The number of carbonyl (C=O) groups is 5. The number of anilines is 5. The Morgan fingerprint density at radius 3 is 0.953 bits per heavy atom. The number of hydrazine groups is 5. The van der Waals surface area contributed by atoms with Gasteiger partial charge in [-0.25, -0.2) is 73.2 Å². The van der Waals surface area contributed by atoms with Gasteiger partial charge in [0.05, 0.1) is 45.9 Å². The zero-order valence-corrected chi connectivity index (χ0v) is 78.4. The summed E-state index contributed by atoms with van der Waals surface area (Å²) in [6, 6.07) is 30.4. The number of nitrogens with one attached hydrogen (secondary N) is 7. The Balaban J connectivity index is 0.000000252. The first-order valence-corrected chi connectivity index (χ1v) is 42.5. The van der Waals surface area contributed by atoms with E-state index >= 15 is 0 Å². The second-order valence-electron chi connectivity index (χ2n) is 31.3. The van der Waals surface area contributed by atoms with Crippen molar-refractivity contribution in [2.45, 2.75) is 116 Å². The molecule has 10 aromatic heterocycles. The van der Waals surface area contributed by atoms with E-state index in [1.165, 1.54) is 156 Å². The van der Waals surface area contributed by atoms with Gasteiger partial charge in [0.15, 0.2) is 34.9 Å². The lowest BCUT2D eigenvalue weighted by molar-refractivity contribution is -0.138. The van der Waals surface area contributed by atoms with E-state index in [9.17, 15) is 89.8 Å². The quantitative estimate of drug-likeness (QED) is 0.0159. The Hall–Kier alpha value is -18.6. The molecule has 52 heteroatoms. The molecule has 37 nitrogen and oxygen atoms in total. The Labute approximate surface area is 849 Å².